The number of methoxy groups -OCH3 is 2. The van der Waals surface area contributed by atoms with Crippen LogP contribution in [0.2, 0.25) is 0 Å². The van der Waals surface area contributed by atoms with Gasteiger partial charge >= 0.3 is 11.9 Å². The maximum absolute atomic E-state index is 11.7. The predicted octanol–water partition coefficient (Wildman–Crippen LogP) is 1.10. The fraction of sp³-hybridized carbons (Fsp3) is 0.750. The van der Waals surface area contributed by atoms with Gasteiger partial charge in [-0.1, -0.05) is 0 Å². The van der Waals surface area contributed by atoms with E-state index in [0.29, 0.717) is 25.7 Å². The van der Waals surface area contributed by atoms with Crippen molar-refractivity contribution in [3.8, 4) is 0 Å². The van der Waals surface area contributed by atoms with Crippen LogP contribution in [-0.2, 0) is 23.9 Å². The van der Waals surface area contributed by atoms with Crippen LogP contribution in [0, 0.1) is 11.8 Å². The van der Waals surface area contributed by atoms with Crippen LogP contribution in [0.3, 0.4) is 0 Å². The number of hydrogen-bond donors (Lipinski definition) is 0. The number of Topliss-reactive ketones (excluding diaryl/α,β-unsaturated/α-hetero) is 1. The number of ketones is 1. The van der Waals surface area contributed by atoms with Gasteiger partial charge in [-0.05, 0) is 25.7 Å². The molecule has 0 aromatic carbocycles. The van der Waals surface area contributed by atoms with Crippen molar-refractivity contribution < 1.29 is 23.9 Å². The quantitative estimate of drug-likeness (QED) is 0.545. The predicted molar refractivity (Wildman–Crippen MR) is 59.1 cm³/mol. The largest absolute Gasteiger partial charge is 0.469 e. The molecule has 17 heavy (non-hydrogen) atoms. The SMILES string of the molecule is COC(=O)CC(=O)C1CCC(C(=O)OC)CC1. The third kappa shape index (κ3) is 3.84. The molecule has 1 fully saturated rings. The first-order valence-electron chi connectivity index (χ1n) is 5.75. The fourth-order valence-electron chi connectivity index (χ4n) is 2.18. The Morgan fingerprint density at radius 3 is 1.94 bits per heavy atom. The van der Waals surface area contributed by atoms with Gasteiger partial charge in [0.05, 0.1) is 20.1 Å². The van der Waals surface area contributed by atoms with E-state index in [-0.39, 0.29) is 30.0 Å². The van der Waals surface area contributed by atoms with Crippen molar-refractivity contribution in [2.24, 2.45) is 11.8 Å². The molecule has 0 radical (unpaired) electrons. The first-order chi connectivity index (χ1) is 8.08. The maximum atomic E-state index is 11.7. The Hall–Kier alpha value is -1.39. The summed E-state index contributed by atoms with van der Waals surface area (Å²) in [6.07, 6.45) is 2.45. The van der Waals surface area contributed by atoms with Gasteiger partial charge in [0.25, 0.3) is 0 Å². The summed E-state index contributed by atoms with van der Waals surface area (Å²) in [7, 11) is 2.64. The highest BCUT2D eigenvalue weighted by Crippen LogP contribution is 2.30. The molecule has 5 nitrogen and oxygen atoms in total. The zero-order valence-electron chi connectivity index (χ0n) is 10.2. The highest BCUT2D eigenvalue weighted by molar-refractivity contribution is 5.96. The average Bonchev–Trinajstić information content (AvgIpc) is 2.37. The lowest BCUT2D eigenvalue weighted by Crippen LogP contribution is -2.27. The molecular weight excluding hydrogens is 224 g/mol. The number of esters is 2. The molecule has 96 valence electrons. The van der Waals surface area contributed by atoms with Gasteiger partial charge in [-0.3, -0.25) is 14.4 Å². The summed E-state index contributed by atoms with van der Waals surface area (Å²) >= 11 is 0. The summed E-state index contributed by atoms with van der Waals surface area (Å²) in [5, 5.41) is 0. The molecule has 1 rings (SSSR count). The molecule has 0 unspecified atom stereocenters. The van der Waals surface area contributed by atoms with E-state index in [0.717, 1.165) is 0 Å². The van der Waals surface area contributed by atoms with E-state index in [1.54, 1.807) is 0 Å². The Morgan fingerprint density at radius 1 is 0.941 bits per heavy atom. The summed E-state index contributed by atoms with van der Waals surface area (Å²) in [4.78, 5) is 33.9. The molecule has 0 spiro atoms. The molecule has 1 aliphatic carbocycles. The minimum absolute atomic E-state index is 0.0832. The smallest absolute Gasteiger partial charge is 0.313 e. The van der Waals surface area contributed by atoms with Gasteiger partial charge < -0.3 is 9.47 Å². The summed E-state index contributed by atoms with van der Waals surface area (Å²) in [5.74, 6) is -0.994. The number of ether oxygens (including phenoxy) is 2. The highest BCUT2D eigenvalue weighted by Gasteiger charge is 2.30. The molecule has 0 saturated heterocycles. The zero-order valence-corrected chi connectivity index (χ0v) is 10.2. The van der Waals surface area contributed by atoms with Gasteiger partial charge in [-0.15, -0.1) is 0 Å². The first-order valence-corrected chi connectivity index (χ1v) is 5.75. The lowest BCUT2D eigenvalue weighted by atomic mass is 9.79. The van der Waals surface area contributed by atoms with E-state index < -0.39 is 5.97 Å². The third-order valence-corrected chi connectivity index (χ3v) is 3.26. The van der Waals surface area contributed by atoms with Gasteiger partial charge in [0.15, 0.2) is 0 Å². The van der Waals surface area contributed by atoms with Gasteiger partial charge in [-0.2, -0.15) is 0 Å². The van der Waals surface area contributed by atoms with Crippen molar-refractivity contribution in [2.45, 2.75) is 32.1 Å². The Morgan fingerprint density at radius 2 is 1.47 bits per heavy atom. The van der Waals surface area contributed by atoms with Gasteiger partial charge in [0.1, 0.15) is 12.2 Å². The Labute approximate surface area is 100 Å². The van der Waals surface area contributed by atoms with Crippen LogP contribution in [-0.4, -0.2) is 31.9 Å². The van der Waals surface area contributed by atoms with Crippen LogP contribution in [0.5, 0.6) is 0 Å². The van der Waals surface area contributed by atoms with E-state index in [2.05, 4.69) is 9.47 Å². The molecule has 1 aliphatic rings. The second kappa shape index (κ2) is 6.37. The van der Waals surface area contributed by atoms with Crippen molar-refractivity contribution in [2.75, 3.05) is 14.2 Å². The van der Waals surface area contributed by atoms with Gasteiger partial charge in [0, 0.05) is 5.92 Å². The Kier molecular flexibility index (Phi) is 5.12. The second-order valence-corrected chi connectivity index (χ2v) is 4.29. The average molecular weight is 242 g/mol. The fourth-order valence-corrected chi connectivity index (χ4v) is 2.18. The van der Waals surface area contributed by atoms with E-state index in [9.17, 15) is 14.4 Å². The van der Waals surface area contributed by atoms with Crippen LogP contribution < -0.4 is 0 Å². The van der Waals surface area contributed by atoms with Crippen LogP contribution in [0.1, 0.15) is 32.1 Å². The van der Waals surface area contributed by atoms with Crippen molar-refractivity contribution >= 4 is 17.7 Å². The minimum Gasteiger partial charge on any atom is -0.469 e. The van der Waals surface area contributed by atoms with Crippen molar-refractivity contribution in [1.82, 2.24) is 0 Å². The molecular formula is C12H18O5. The normalized spacial score (nSPS) is 23.9. The number of rotatable bonds is 4. The summed E-state index contributed by atoms with van der Waals surface area (Å²) in [5.41, 5.74) is 0. The van der Waals surface area contributed by atoms with Crippen molar-refractivity contribution in [3.05, 3.63) is 0 Å². The Balaban J connectivity index is 2.38. The molecule has 0 heterocycles. The third-order valence-electron chi connectivity index (χ3n) is 3.26. The Bertz CT molecular complexity index is 302. The molecule has 0 amide bonds. The molecule has 5 heteroatoms. The lowest BCUT2D eigenvalue weighted by molar-refractivity contribution is -0.149. The lowest BCUT2D eigenvalue weighted by Gasteiger charge is -2.25. The molecule has 0 atom stereocenters. The topological polar surface area (TPSA) is 69.7 Å². The number of carbonyl (C=O) groups is 3. The zero-order chi connectivity index (χ0) is 12.8. The second-order valence-electron chi connectivity index (χ2n) is 4.29. The number of carbonyl (C=O) groups excluding carboxylic acids is 3. The molecule has 0 bridgehead atoms. The maximum Gasteiger partial charge on any atom is 0.313 e. The van der Waals surface area contributed by atoms with E-state index >= 15 is 0 Å². The van der Waals surface area contributed by atoms with Crippen molar-refractivity contribution in [3.63, 3.8) is 0 Å². The van der Waals surface area contributed by atoms with Gasteiger partial charge in [0.2, 0.25) is 0 Å². The van der Waals surface area contributed by atoms with Crippen LogP contribution in [0.15, 0.2) is 0 Å². The highest BCUT2D eigenvalue weighted by atomic mass is 16.5. The minimum atomic E-state index is -0.495. The molecule has 0 aromatic rings. The van der Waals surface area contributed by atoms with Crippen LogP contribution >= 0.6 is 0 Å². The summed E-state index contributed by atoms with van der Waals surface area (Å²) in [6, 6.07) is 0. The molecule has 0 N–H and O–H groups in total. The van der Waals surface area contributed by atoms with Gasteiger partial charge in [-0.25, -0.2) is 0 Å². The summed E-state index contributed by atoms with van der Waals surface area (Å²) < 4.78 is 9.12. The first kappa shape index (κ1) is 13.7. The van der Waals surface area contributed by atoms with Crippen LogP contribution in [0.25, 0.3) is 0 Å². The molecule has 0 aliphatic heterocycles. The monoisotopic (exact) mass is 242 g/mol. The van der Waals surface area contributed by atoms with Crippen molar-refractivity contribution in [1.29, 1.82) is 0 Å². The van der Waals surface area contributed by atoms with E-state index in [1.165, 1.54) is 14.2 Å². The summed E-state index contributed by atoms with van der Waals surface area (Å²) in [6.45, 7) is 0. The molecule has 1 saturated carbocycles. The standard InChI is InChI=1S/C12H18O5/c1-16-11(14)7-10(13)8-3-5-9(6-4-8)12(15)17-2/h8-9H,3-7H2,1-2H3. The molecule has 0 aromatic heterocycles. The van der Waals surface area contributed by atoms with E-state index in [4.69, 9.17) is 0 Å². The van der Waals surface area contributed by atoms with E-state index in [1.807, 2.05) is 0 Å². The number of hydrogen-bond acceptors (Lipinski definition) is 5. The van der Waals surface area contributed by atoms with Crippen LogP contribution in [0.4, 0.5) is 0 Å².